The van der Waals surface area contributed by atoms with Crippen molar-refractivity contribution < 1.29 is 14.3 Å². The number of nitrogens with two attached hydrogens (primary N) is 1. The number of carbonyl (C=O) groups excluding carboxylic acids is 1. The molecule has 0 fully saturated rings. The van der Waals surface area contributed by atoms with Crippen LogP contribution in [0.4, 0.5) is 0 Å². The van der Waals surface area contributed by atoms with Crippen LogP contribution in [0.2, 0.25) is 0 Å². The van der Waals surface area contributed by atoms with Gasteiger partial charge in [-0.2, -0.15) is 0 Å². The molecule has 0 bridgehead atoms. The van der Waals surface area contributed by atoms with Gasteiger partial charge in [-0.15, -0.1) is 11.3 Å². The third-order valence-corrected chi connectivity index (χ3v) is 5.83. The standard InChI is InChI=1S/C25H22O3S.CH5N/c1-17-6-5-8-19(12-17)22-14-18(13-21-10-11-29-25(21)22)16-28-23-9-4-3-7-20(23)15-24(26)27-2;1-2/h3-14H,15-16H2,1-2H3;2H2,1H3. The second kappa shape index (κ2) is 10.8. The first kappa shape index (κ1) is 22.5. The molecule has 2 N–H and O–H groups in total. The number of thiophene rings is 1. The highest BCUT2D eigenvalue weighted by Gasteiger charge is 2.11. The summed E-state index contributed by atoms with van der Waals surface area (Å²) in [4.78, 5) is 11.7. The molecule has 0 aliphatic carbocycles. The summed E-state index contributed by atoms with van der Waals surface area (Å²) in [5.41, 5.74) is 10.1. The van der Waals surface area contributed by atoms with E-state index in [1.165, 1.54) is 40.9 Å². The molecule has 0 atom stereocenters. The first-order valence-corrected chi connectivity index (χ1v) is 10.9. The highest BCUT2D eigenvalue weighted by Crippen LogP contribution is 2.34. The minimum Gasteiger partial charge on any atom is -0.489 e. The van der Waals surface area contributed by atoms with Gasteiger partial charge >= 0.3 is 5.97 Å². The third-order valence-electron chi connectivity index (χ3n) is 4.87. The zero-order valence-electron chi connectivity index (χ0n) is 18.1. The fourth-order valence-corrected chi connectivity index (χ4v) is 4.35. The maximum absolute atomic E-state index is 11.7. The van der Waals surface area contributed by atoms with Crippen molar-refractivity contribution in [3.63, 3.8) is 0 Å². The molecule has 0 spiro atoms. The van der Waals surface area contributed by atoms with Crippen molar-refractivity contribution in [2.24, 2.45) is 5.73 Å². The summed E-state index contributed by atoms with van der Waals surface area (Å²) in [7, 11) is 2.90. The Hall–Kier alpha value is -3.15. The topological polar surface area (TPSA) is 61.5 Å². The number of ether oxygens (including phenoxy) is 2. The van der Waals surface area contributed by atoms with Gasteiger partial charge in [0, 0.05) is 10.3 Å². The van der Waals surface area contributed by atoms with Crippen LogP contribution >= 0.6 is 11.3 Å². The number of hydrogen-bond acceptors (Lipinski definition) is 5. The third kappa shape index (κ3) is 5.51. The van der Waals surface area contributed by atoms with E-state index in [0.29, 0.717) is 12.4 Å². The fourth-order valence-electron chi connectivity index (χ4n) is 3.43. The lowest BCUT2D eigenvalue weighted by molar-refractivity contribution is -0.139. The van der Waals surface area contributed by atoms with Crippen LogP contribution in [-0.4, -0.2) is 20.1 Å². The Labute approximate surface area is 187 Å². The van der Waals surface area contributed by atoms with Crippen LogP contribution < -0.4 is 10.5 Å². The SMILES string of the molecule is CN.COC(=O)Cc1ccccc1OCc1cc(-c2cccc(C)c2)c2sccc2c1. The minimum atomic E-state index is -0.275. The number of methoxy groups -OCH3 is 1. The van der Waals surface area contributed by atoms with Crippen molar-refractivity contribution in [3.8, 4) is 16.9 Å². The molecule has 0 amide bonds. The molecule has 4 nitrogen and oxygen atoms in total. The van der Waals surface area contributed by atoms with E-state index >= 15 is 0 Å². The second-order valence-corrected chi connectivity index (χ2v) is 7.92. The summed E-state index contributed by atoms with van der Waals surface area (Å²) in [6.07, 6.45) is 0.199. The molecule has 4 rings (SSSR count). The summed E-state index contributed by atoms with van der Waals surface area (Å²) >= 11 is 1.76. The van der Waals surface area contributed by atoms with E-state index in [4.69, 9.17) is 9.47 Å². The highest BCUT2D eigenvalue weighted by molar-refractivity contribution is 7.17. The maximum Gasteiger partial charge on any atom is 0.310 e. The van der Waals surface area contributed by atoms with Gasteiger partial charge in [0.1, 0.15) is 12.4 Å². The van der Waals surface area contributed by atoms with Gasteiger partial charge in [-0.1, -0.05) is 48.0 Å². The van der Waals surface area contributed by atoms with Crippen molar-refractivity contribution in [3.05, 3.63) is 88.8 Å². The Kier molecular flexibility index (Phi) is 7.82. The lowest BCUT2D eigenvalue weighted by atomic mass is 10.00. The first-order valence-electron chi connectivity index (χ1n) is 10.1. The molecule has 5 heteroatoms. The molecule has 0 saturated carbocycles. The predicted octanol–water partition coefficient (Wildman–Crippen LogP) is 5.75. The summed E-state index contributed by atoms with van der Waals surface area (Å²) in [6.45, 7) is 2.54. The number of carbonyl (C=O) groups is 1. The largest absolute Gasteiger partial charge is 0.489 e. The van der Waals surface area contributed by atoms with Gasteiger partial charge in [-0.25, -0.2) is 0 Å². The second-order valence-electron chi connectivity index (χ2n) is 7.00. The molecule has 160 valence electrons. The molecule has 1 aromatic heterocycles. The van der Waals surface area contributed by atoms with Crippen LogP contribution in [0, 0.1) is 6.92 Å². The van der Waals surface area contributed by atoms with Crippen LogP contribution in [0.15, 0.2) is 72.1 Å². The molecular weight excluding hydrogens is 406 g/mol. The van der Waals surface area contributed by atoms with E-state index in [2.05, 4.69) is 60.5 Å². The summed E-state index contributed by atoms with van der Waals surface area (Å²) in [6, 6.07) is 22.7. The number of aryl methyl sites for hydroxylation is 1. The summed E-state index contributed by atoms with van der Waals surface area (Å²) < 4.78 is 12.2. The van der Waals surface area contributed by atoms with Gasteiger partial charge in [-0.05, 0) is 65.7 Å². The molecule has 0 radical (unpaired) electrons. The summed E-state index contributed by atoms with van der Waals surface area (Å²) in [5.74, 6) is 0.433. The van der Waals surface area contributed by atoms with Crippen molar-refractivity contribution >= 4 is 27.4 Å². The van der Waals surface area contributed by atoms with Crippen LogP contribution in [0.25, 0.3) is 21.2 Å². The van der Waals surface area contributed by atoms with Crippen molar-refractivity contribution in [2.75, 3.05) is 14.2 Å². The number of fused-ring (bicyclic) bond motifs is 1. The van der Waals surface area contributed by atoms with Crippen LogP contribution in [0.5, 0.6) is 5.75 Å². The molecule has 0 saturated heterocycles. The number of para-hydroxylation sites is 1. The van der Waals surface area contributed by atoms with Gasteiger partial charge in [0.25, 0.3) is 0 Å². The highest BCUT2D eigenvalue weighted by atomic mass is 32.1. The number of benzene rings is 3. The van der Waals surface area contributed by atoms with Gasteiger partial charge in [0.05, 0.1) is 13.5 Å². The van der Waals surface area contributed by atoms with E-state index in [9.17, 15) is 4.79 Å². The first-order chi connectivity index (χ1) is 15.1. The predicted molar refractivity (Wildman–Crippen MR) is 129 cm³/mol. The van der Waals surface area contributed by atoms with E-state index in [0.717, 1.165) is 11.1 Å². The van der Waals surface area contributed by atoms with E-state index < -0.39 is 0 Å². The number of esters is 1. The Bertz CT molecular complexity index is 1170. The Morgan fingerprint density at radius 3 is 2.58 bits per heavy atom. The van der Waals surface area contributed by atoms with E-state index in [-0.39, 0.29) is 12.4 Å². The van der Waals surface area contributed by atoms with Crippen LogP contribution in [-0.2, 0) is 22.6 Å². The van der Waals surface area contributed by atoms with Crippen LogP contribution in [0.1, 0.15) is 16.7 Å². The molecule has 1 heterocycles. The number of rotatable bonds is 6. The van der Waals surface area contributed by atoms with Gasteiger partial charge < -0.3 is 15.2 Å². The van der Waals surface area contributed by atoms with Gasteiger partial charge in [0.2, 0.25) is 0 Å². The quantitative estimate of drug-likeness (QED) is 0.394. The van der Waals surface area contributed by atoms with Crippen LogP contribution in [0.3, 0.4) is 0 Å². The molecule has 0 aliphatic rings. The molecule has 31 heavy (non-hydrogen) atoms. The zero-order valence-corrected chi connectivity index (χ0v) is 18.9. The Morgan fingerprint density at radius 1 is 1.00 bits per heavy atom. The van der Waals surface area contributed by atoms with Gasteiger partial charge in [0.15, 0.2) is 0 Å². The average molecular weight is 434 g/mol. The Balaban J connectivity index is 0.00000132. The number of hydrogen-bond donors (Lipinski definition) is 1. The summed E-state index contributed by atoms with van der Waals surface area (Å²) in [5, 5.41) is 3.34. The smallest absolute Gasteiger partial charge is 0.310 e. The average Bonchev–Trinajstić information content (AvgIpc) is 3.28. The molecule has 4 aromatic rings. The molecule has 0 aliphatic heterocycles. The van der Waals surface area contributed by atoms with Crippen molar-refractivity contribution in [2.45, 2.75) is 20.0 Å². The normalized spacial score (nSPS) is 10.3. The van der Waals surface area contributed by atoms with Crippen molar-refractivity contribution in [1.29, 1.82) is 0 Å². The molecular formula is C26H27NO3S. The lowest BCUT2D eigenvalue weighted by Crippen LogP contribution is -2.06. The van der Waals surface area contributed by atoms with Gasteiger partial charge in [-0.3, -0.25) is 4.79 Å². The Morgan fingerprint density at radius 2 is 1.81 bits per heavy atom. The minimum absolute atomic E-state index is 0.199. The zero-order chi connectivity index (χ0) is 22.2. The molecule has 0 unspecified atom stereocenters. The fraction of sp³-hybridized carbons (Fsp3) is 0.192. The molecule has 3 aromatic carbocycles. The van der Waals surface area contributed by atoms with Crippen molar-refractivity contribution in [1.82, 2.24) is 0 Å². The lowest BCUT2D eigenvalue weighted by Gasteiger charge is -2.13. The monoisotopic (exact) mass is 433 g/mol. The van der Waals surface area contributed by atoms with E-state index in [1.807, 2.05) is 24.3 Å². The maximum atomic E-state index is 11.7. The van der Waals surface area contributed by atoms with E-state index in [1.54, 1.807) is 11.3 Å².